The van der Waals surface area contributed by atoms with E-state index in [0.29, 0.717) is 12.4 Å². The van der Waals surface area contributed by atoms with Gasteiger partial charge < -0.3 is 9.47 Å². The summed E-state index contributed by atoms with van der Waals surface area (Å²) in [7, 11) is 0. The van der Waals surface area contributed by atoms with Crippen LogP contribution in [0.5, 0.6) is 11.5 Å². The third-order valence-corrected chi connectivity index (χ3v) is 4.03. The van der Waals surface area contributed by atoms with Crippen molar-refractivity contribution < 1.29 is 19.1 Å². The molecule has 3 rings (SSSR count). The zero-order chi connectivity index (χ0) is 20.5. The first-order valence-corrected chi connectivity index (χ1v) is 9.25. The molecule has 0 heterocycles. The summed E-state index contributed by atoms with van der Waals surface area (Å²) in [4.78, 5) is 23.7. The maximum absolute atomic E-state index is 11.9. The summed E-state index contributed by atoms with van der Waals surface area (Å²) in [6.07, 6.45) is 2.98. The van der Waals surface area contributed by atoms with Gasteiger partial charge in [0.15, 0.2) is 6.61 Å². The molecule has 2 amide bonds. The van der Waals surface area contributed by atoms with Crippen LogP contribution in [-0.4, -0.2) is 25.0 Å². The number of hydrazine groups is 1. The maximum atomic E-state index is 11.9. The molecule has 148 valence electrons. The van der Waals surface area contributed by atoms with Crippen LogP contribution in [0.25, 0.3) is 16.8 Å². The zero-order valence-corrected chi connectivity index (χ0v) is 16.1. The zero-order valence-electron chi connectivity index (χ0n) is 16.1. The van der Waals surface area contributed by atoms with Crippen molar-refractivity contribution in [3.05, 3.63) is 78.4 Å². The minimum Gasteiger partial charge on any atom is -0.494 e. The maximum Gasteiger partial charge on any atom is 0.276 e. The second-order valence-electron chi connectivity index (χ2n) is 6.17. The van der Waals surface area contributed by atoms with Gasteiger partial charge in [-0.3, -0.25) is 20.4 Å². The molecule has 0 bridgehead atoms. The van der Waals surface area contributed by atoms with E-state index >= 15 is 0 Å². The normalized spacial score (nSPS) is 10.7. The number of hydrogen-bond acceptors (Lipinski definition) is 4. The summed E-state index contributed by atoms with van der Waals surface area (Å²) in [6, 6.07) is 20.8. The molecule has 0 saturated heterocycles. The van der Waals surface area contributed by atoms with Crippen molar-refractivity contribution in [1.29, 1.82) is 0 Å². The van der Waals surface area contributed by atoms with Crippen LogP contribution in [0, 0.1) is 0 Å². The van der Waals surface area contributed by atoms with E-state index in [0.717, 1.165) is 22.1 Å². The SMILES string of the molecule is CCOc1ccc(/C=C/C(=O)NNC(=O)COc2ccc3ccccc3c2)cc1. The molecule has 3 aromatic rings. The molecule has 0 fully saturated rings. The number of hydrogen-bond donors (Lipinski definition) is 2. The molecule has 0 aromatic heterocycles. The third kappa shape index (κ3) is 6.10. The lowest BCUT2D eigenvalue weighted by Gasteiger charge is -2.08. The van der Waals surface area contributed by atoms with E-state index in [4.69, 9.17) is 9.47 Å². The summed E-state index contributed by atoms with van der Waals surface area (Å²) >= 11 is 0. The van der Waals surface area contributed by atoms with E-state index in [1.165, 1.54) is 6.08 Å². The molecule has 0 radical (unpaired) electrons. The number of fused-ring (bicyclic) bond motifs is 1. The first kappa shape index (κ1) is 19.9. The molecule has 0 aliphatic carbocycles. The first-order valence-electron chi connectivity index (χ1n) is 9.25. The van der Waals surface area contributed by atoms with Crippen LogP contribution >= 0.6 is 0 Å². The first-order chi connectivity index (χ1) is 14.1. The van der Waals surface area contributed by atoms with E-state index in [1.807, 2.05) is 67.6 Å². The summed E-state index contributed by atoms with van der Waals surface area (Å²) in [6.45, 7) is 2.31. The Kier molecular flexibility index (Phi) is 6.84. The lowest BCUT2D eigenvalue weighted by atomic mass is 10.1. The van der Waals surface area contributed by atoms with Gasteiger partial charge in [-0.05, 0) is 53.6 Å². The smallest absolute Gasteiger partial charge is 0.276 e. The van der Waals surface area contributed by atoms with Crippen LogP contribution in [0.4, 0.5) is 0 Å². The fraction of sp³-hybridized carbons (Fsp3) is 0.130. The van der Waals surface area contributed by atoms with Crippen LogP contribution < -0.4 is 20.3 Å². The molecule has 2 N–H and O–H groups in total. The molecule has 0 spiro atoms. The molecular formula is C23H22N2O4. The third-order valence-electron chi connectivity index (χ3n) is 4.03. The second kappa shape index (κ2) is 9.94. The summed E-state index contributed by atoms with van der Waals surface area (Å²) < 4.78 is 10.8. The van der Waals surface area contributed by atoms with Crippen molar-refractivity contribution >= 4 is 28.7 Å². The second-order valence-corrected chi connectivity index (χ2v) is 6.17. The molecule has 0 unspecified atom stereocenters. The fourth-order valence-electron chi connectivity index (χ4n) is 2.63. The lowest BCUT2D eigenvalue weighted by molar-refractivity contribution is -0.128. The topological polar surface area (TPSA) is 76.7 Å². The van der Waals surface area contributed by atoms with Gasteiger partial charge in [0.25, 0.3) is 11.8 Å². The van der Waals surface area contributed by atoms with Crippen molar-refractivity contribution in [2.24, 2.45) is 0 Å². The van der Waals surface area contributed by atoms with Crippen molar-refractivity contribution in [1.82, 2.24) is 10.9 Å². The Morgan fingerprint density at radius 3 is 2.34 bits per heavy atom. The Morgan fingerprint density at radius 1 is 0.862 bits per heavy atom. The molecule has 6 nitrogen and oxygen atoms in total. The molecule has 0 saturated carbocycles. The molecule has 0 aliphatic rings. The Balaban J connectivity index is 1.42. The van der Waals surface area contributed by atoms with Gasteiger partial charge in [0.05, 0.1) is 6.61 Å². The van der Waals surface area contributed by atoms with Crippen molar-refractivity contribution in [2.75, 3.05) is 13.2 Å². The van der Waals surface area contributed by atoms with Gasteiger partial charge in [0.1, 0.15) is 11.5 Å². The Morgan fingerprint density at radius 2 is 1.59 bits per heavy atom. The number of rotatable bonds is 7. The van der Waals surface area contributed by atoms with E-state index < -0.39 is 11.8 Å². The van der Waals surface area contributed by atoms with Crippen LogP contribution in [0.3, 0.4) is 0 Å². The van der Waals surface area contributed by atoms with Gasteiger partial charge in [-0.1, -0.05) is 42.5 Å². The number of nitrogens with one attached hydrogen (secondary N) is 2. The predicted octanol–water partition coefficient (Wildman–Crippen LogP) is 3.48. The summed E-state index contributed by atoms with van der Waals surface area (Å²) in [5, 5.41) is 2.12. The highest BCUT2D eigenvalue weighted by atomic mass is 16.5. The quantitative estimate of drug-likeness (QED) is 0.478. The highest BCUT2D eigenvalue weighted by Crippen LogP contribution is 2.20. The number of carbonyl (C=O) groups is 2. The van der Waals surface area contributed by atoms with Crippen molar-refractivity contribution in [3.8, 4) is 11.5 Å². The highest BCUT2D eigenvalue weighted by Gasteiger charge is 2.04. The largest absolute Gasteiger partial charge is 0.494 e. The van der Waals surface area contributed by atoms with Crippen molar-refractivity contribution in [3.63, 3.8) is 0 Å². The minimum atomic E-state index is -0.457. The number of carbonyl (C=O) groups excluding carboxylic acids is 2. The van der Waals surface area contributed by atoms with Gasteiger partial charge in [0, 0.05) is 6.08 Å². The van der Waals surface area contributed by atoms with Gasteiger partial charge in [-0.2, -0.15) is 0 Å². The highest BCUT2D eigenvalue weighted by molar-refractivity contribution is 5.93. The summed E-state index contributed by atoms with van der Waals surface area (Å²) in [5.41, 5.74) is 5.48. The monoisotopic (exact) mass is 390 g/mol. The lowest BCUT2D eigenvalue weighted by Crippen LogP contribution is -2.43. The number of benzene rings is 3. The average molecular weight is 390 g/mol. The number of ether oxygens (including phenoxy) is 2. The van der Waals surface area contributed by atoms with Crippen LogP contribution in [0.2, 0.25) is 0 Å². The molecule has 0 aliphatic heterocycles. The fourth-order valence-corrected chi connectivity index (χ4v) is 2.63. The molecule has 0 atom stereocenters. The predicted molar refractivity (Wildman–Crippen MR) is 112 cm³/mol. The van der Waals surface area contributed by atoms with Gasteiger partial charge in [-0.25, -0.2) is 0 Å². The summed E-state index contributed by atoms with van der Waals surface area (Å²) in [5.74, 6) is 0.451. The van der Waals surface area contributed by atoms with Crippen molar-refractivity contribution in [2.45, 2.75) is 6.92 Å². The van der Waals surface area contributed by atoms with E-state index in [-0.39, 0.29) is 6.61 Å². The van der Waals surface area contributed by atoms with Gasteiger partial charge in [-0.15, -0.1) is 0 Å². The molecule has 6 heteroatoms. The Labute approximate surface area is 169 Å². The van der Waals surface area contributed by atoms with E-state index in [1.54, 1.807) is 12.1 Å². The van der Waals surface area contributed by atoms with Crippen LogP contribution in [0.15, 0.2) is 72.8 Å². The van der Waals surface area contributed by atoms with Crippen LogP contribution in [0.1, 0.15) is 12.5 Å². The number of amides is 2. The van der Waals surface area contributed by atoms with Gasteiger partial charge >= 0.3 is 0 Å². The standard InChI is InChI=1S/C23H22N2O4/c1-2-28-20-11-7-17(8-12-20)9-14-22(26)24-25-23(27)16-29-21-13-10-18-5-3-4-6-19(18)15-21/h3-15H,2,16H2,1H3,(H,24,26)(H,25,27)/b14-9+. The van der Waals surface area contributed by atoms with E-state index in [9.17, 15) is 9.59 Å². The molecule has 29 heavy (non-hydrogen) atoms. The van der Waals surface area contributed by atoms with E-state index in [2.05, 4.69) is 10.9 Å². The molecular weight excluding hydrogens is 368 g/mol. The Hall–Kier alpha value is -3.80. The molecule has 3 aromatic carbocycles. The van der Waals surface area contributed by atoms with Gasteiger partial charge in [0.2, 0.25) is 0 Å². The Bertz CT molecular complexity index is 1010. The van der Waals surface area contributed by atoms with Crippen LogP contribution in [-0.2, 0) is 9.59 Å². The minimum absolute atomic E-state index is 0.207. The average Bonchev–Trinajstić information content (AvgIpc) is 2.76.